The van der Waals surface area contributed by atoms with E-state index in [1.165, 1.54) is 16.3 Å². The summed E-state index contributed by atoms with van der Waals surface area (Å²) < 4.78 is 1.20. The Hall–Kier alpha value is -3.21. The summed E-state index contributed by atoms with van der Waals surface area (Å²) in [6.07, 6.45) is 0. The van der Waals surface area contributed by atoms with Gasteiger partial charge in [0, 0.05) is 17.3 Å². The molecule has 1 aromatic heterocycles. The van der Waals surface area contributed by atoms with Gasteiger partial charge in [0.25, 0.3) is 5.56 Å². The van der Waals surface area contributed by atoms with E-state index in [0.29, 0.717) is 17.3 Å². The molecule has 0 unspecified atom stereocenters. The fourth-order valence-electron chi connectivity index (χ4n) is 3.01. The molecule has 0 spiro atoms. The minimum absolute atomic E-state index is 0.135. The van der Waals surface area contributed by atoms with Gasteiger partial charge in [-0.05, 0) is 55.2 Å². The highest BCUT2D eigenvalue weighted by Gasteiger charge is 2.10. The first-order valence-corrected chi connectivity index (χ1v) is 9.39. The molecule has 144 valence electrons. The molecule has 3 rings (SSSR count). The van der Waals surface area contributed by atoms with Crippen molar-refractivity contribution in [2.24, 2.45) is 0 Å². The first kappa shape index (κ1) is 19.5. The Labute approximate surface area is 165 Å². The second-order valence-electron chi connectivity index (χ2n) is 7.36. The quantitative estimate of drug-likeness (QED) is 0.723. The number of aryl methyl sites for hydroxylation is 2. The van der Waals surface area contributed by atoms with E-state index in [2.05, 4.69) is 24.3 Å². The molecule has 0 bridgehead atoms. The molecule has 0 radical (unpaired) electrons. The number of hydrogen-bond acceptors (Lipinski definition) is 3. The molecule has 5 nitrogen and oxygen atoms in total. The molecule has 0 saturated heterocycles. The Balaban J connectivity index is 1.79. The molecule has 3 aromatic rings. The summed E-state index contributed by atoms with van der Waals surface area (Å²) in [6.45, 7) is 8.11. The smallest absolute Gasteiger partial charge is 0.267 e. The van der Waals surface area contributed by atoms with Crippen molar-refractivity contribution < 1.29 is 4.79 Å². The molecular weight excluding hydrogens is 350 g/mol. The molecule has 28 heavy (non-hydrogen) atoms. The summed E-state index contributed by atoms with van der Waals surface area (Å²) in [4.78, 5) is 24.6. The maximum absolute atomic E-state index is 12.4. The van der Waals surface area contributed by atoms with Gasteiger partial charge in [-0.2, -0.15) is 5.10 Å². The van der Waals surface area contributed by atoms with Crippen molar-refractivity contribution in [3.05, 3.63) is 81.6 Å². The number of carbonyl (C=O) groups is 1. The number of aromatic nitrogens is 2. The molecule has 0 aliphatic heterocycles. The zero-order chi connectivity index (χ0) is 20.3. The van der Waals surface area contributed by atoms with Crippen LogP contribution in [0.5, 0.6) is 0 Å². The number of rotatable bonds is 5. The Bertz CT molecular complexity index is 1050. The van der Waals surface area contributed by atoms with Gasteiger partial charge in [-0.25, -0.2) is 4.68 Å². The van der Waals surface area contributed by atoms with Crippen LogP contribution in [0.1, 0.15) is 36.5 Å². The van der Waals surface area contributed by atoms with Gasteiger partial charge in [0.2, 0.25) is 5.91 Å². The molecule has 2 aromatic carbocycles. The van der Waals surface area contributed by atoms with Gasteiger partial charge in [-0.3, -0.25) is 9.59 Å². The first-order valence-electron chi connectivity index (χ1n) is 9.39. The number of anilines is 1. The van der Waals surface area contributed by atoms with E-state index in [9.17, 15) is 9.59 Å². The van der Waals surface area contributed by atoms with Crippen molar-refractivity contribution in [1.82, 2.24) is 9.78 Å². The van der Waals surface area contributed by atoms with Gasteiger partial charge in [-0.15, -0.1) is 0 Å². The summed E-state index contributed by atoms with van der Waals surface area (Å²) >= 11 is 0. The number of benzene rings is 2. The molecule has 0 aliphatic carbocycles. The molecule has 1 N–H and O–H groups in total. The van der Waals surface area contributed by atoms with Crippen LogP contribution in [0, 0.1) is 13.8 Å². The number of hydrogen-bond donors (Lipinski definition) is 1. The zero-order valence-electron chi connectivity index (χ0n) is 16.7. The van der Waals surface area contributed by atoms with E-state index < -0.39 is 0 Å². The van der Waals surface area contributed by atoms with Crippen molar-refractivity contribution in [3.63, 3.8) is 0 Å². The van der Waals surface area contributed by atoms with Crippen LogP contribution in [-0.2, 0) is 11.3 Å². The third kappa shape index (κ3) is 4.55. The number of amides is 1. The number of carbonyl (C=O) groups excluding carboxylic acids is 1. The first-order chi connectivity index (χ1) is 13.3. The van der Waals surface area contributed by atoms with E-state index >= 15 is 0 Å². The number of nitrogens with zero attached hydrogens (tertiary/aromatic N) is 2. The van der Waals surface area contributed by atoms with Gasteiger partial charge >= 0.3 is 0 Å². The summed E-state index contributed by atoms with van der Waals surface area (Å²) in [7, 11) is 0. The van der Waals surface area contributed by atoms with Crippen molar-refractivity contribution in [1.29, 1.82) is 0 Å². The minimum Gasteiger partial charge on any atom is -0.324 e. The van der Waals surface area contributed by atoms with Gasteiger partial charge in [-0.1, -0.05) is 43.7 Å². The topological polar surface area (TPSA) is 64.0 Å². The SMILES string of the molecule is Cc1ccc(C)c(-c2ccc(=O)n(CC(=O)Nc3ccc(C(C)C)cc3)n2)c1. The second-order valence-corrected chi connectivity index (χ2v) is 7.36. The van der Waals surface area contributed by atoms with Crippen LogP contribution in [-0.4, -0.2) is 15.7 Å². The lowest BCUT2D eigenvalue weighted by molar-refractivity contribution is -0.117. The zero-order valence-corrected chi connectivity index (χ0v) is 16.7. The third-order valence-corrected chi connectivity index (χ3v) is 4.69. The fraction of sp³-hybridized carbons (Fsp3) is 0.261. The summed E-state index contributed by atoms with van der Waals surface area (Å²) in [5.74, 6) is 0.144. The standard InChI is InChI=1S/C23H25N3O2/c1-15(2)18-7-9-19(10-8-18)24-22(27)14-26-23(28)12-11-21(25-26)20-13-16(3)5-6-17(20)4/h5-13,15H,14H2,1-4H3,(H,24,27). The monoisotopic (exact) mass is 375 g/mol. The number of nitrogens with one attached hydrogen (secondary N) is 1. The van der Waals surface area contributed by atoms with E-state index in [1.807, 2.05) is 56.3 Å². The van der Waals surface area contributed by atoms with Crippen molar-refractivity contribution >= 4 is 11.6 Å². The lowest BCUT2D eigenvalue weighted by Gasteiger charge is -2.11. The van der Waals surface area contributed by atoms with Gasteiger partial charge < -0.3 is 5.32 Å². The molecule has 0 atom stereocenters. The fourth-order valence-corrected chi connectivity index (χ4v) is 3.01. The van der Waals surface area contributed by atoms with Gasteiger partial charge in [0.15, 0.2) is 0 Å². The molecule has 1 amide bonds. The van der Waals surface area contributed by atoms with Crippen LogP contribution in [0.15, 0.2) is 59.4 Å². The summed E-state index contributed by atoms with van der Waals surface area (Å²) in [5, 5.41) is 7.23. The highest BCUT2D eigenvalue weighted by molar-refractivity contribution is 5.90. The molecule has 0 aliphatic rings. The highest BCUT2D eigenvalue weighted by Crippen LogP contribution is 2.21. The Kier molecular flexibility index (Phi) is 5.73. The second kappa shape index (κ2) is 8.21. The minimum atomic E-state index is -0.306. The Morgan fingerprint density at radius 3 is 2.43 bits per heavy atom. The molecule has 0 fully saturated rings. The lowest BCUT2D eigenvalue weighted by atomic mass is 10.0. The Morgan fingerprint density at radius 2 is 1.75 bits per heavy atom. The molecular formula is C23H25N3O2. The summed E-state index contributed by atoms with van der Waals surface area (Å²) in [6, 6.07) is 17.0. The molecule has 1 heterocycles. The predicted octanol–water partition coefficient (Wildman–Crippen LogP) is 4.29. The van der Waals surface area contributed by atoms with Crippen LogP contribution in [0.25, 0.3) is 11.3 Å². The van der Waals surface area contributed by atoms with E-state index in [4.69, 9.17) is 0 Å². The normalized spacial score (nSPS) is 10.9. The van der Waals surface area contributed by atoms with Crippen LogP contribution in [0.3, 0.4) is 0 Å². The van der Waals surface area contributed by atoms with Crippen LogP contribution < -0.4 is 10.9 Å². The maximum atomic E-state index is 12.4. The van der Waals surface area contributed by atoms with Crippen molar-refractivity contribution in [3.8, 4) is 11.3 Å². The largest absolute Gasteiger partial charge is 0.324 e. The maximum Gasteiger partial charge on any atom is 0.267 e. The highest BCUT2D eigenvalue weighted by atomic mass is 16.2. The van der Waals surface area contributed by atoms with Crippen LogP contribution >= 0.6 is 0 Å². The van der Waals surface area contributed by atoms with E-state index in [1.54, 1.807) is 6.07 Å². The average Bonchev–Trinajstić information content (AvgIpc) is 2.66. The van der Waals surface area contributed by atoms with Crippen LogP contribution in [0.2, 0.25) is 0 Å². The average molecular weight is 375 g/mol. The molecule has 0 saturated carbocycles. The lowest BCUT2D eigenvalue weighted by Crippen LogP contribution is -2.29. The van der Waals surface area contributed by atoms with Crippen LogP contribution in [0.4, 0.5) is 5.69 Å². The van der Waals surface area contributed by atoms with Gasteiger partial charge in [0.1, 0.15) is 6.54 Å². The van der Waals surface area contributed by atoms with Crippen molar-refractivity contribution in [2.75, 3.05) is 5.32 Å². The molecule has 5 heteroatoms. The van der Waals surface area contributed by atoms with E-state index in [-0.39, 0.29) is 18.0 Å². The van der Waals surface area contributed by atoms with Crippen molar-refractivity contribution in [2.45, 2.75) is 40.2 Å². The Morgan fingerprint density at radius 1 is 1.04 bits per heavy atom. The van der Waals surface area contributed by atoms with E-state index in [0.717, 1.165) is 16.7 Å². The van der Waals surface area contributed by atoms with Gasteiger partial charge in [0.05, 0.1) is 5.69 Å². The third-order valence-electron chi connectivity index (χ3n) is 4.69. The summed E-state index contributed by atoms with van der Waals surface area (Å²) in [5.41, 5.74) is 5.42. The predicted molar refractivity (Wildman–Crippen MR) is 113 cm³/mol.